The largest absolute Gasteiger partial charge is 0.380 e. The molecule has 26 heavy (non-hydrogen) atoms. The number of anilines is 1. The Labute approximate surface area is 153 Å². The molecule has 0 spiro atoms. The van der Waals surface area contributed by atoms with Gasteiger partial charge >= 0.3 is 0 Å². The molecule has 2 aromatic heterocycles. The van der Waals surface area contributed by atoms with Gasteiger partial charge in [0.05, 0.1) is 12.1 Å². The van der Waals surface area contributed by atoms with E-state index < -0.39 is 0 Å². The maximum atomic E-state index is 12.7. The van der Waals surface area contributed by atoms with Gasteiger partial charge in [-0.1, -0.05) is 0 Å². The van der Waals surface area contributed by atoms with E-state index in [-0.39, 0.29) is 18.1 Å². The Morgan fingerprint density at radius 3 is 2.96 bits per heavy atom. The Kier molecular flexibility index (Phi) is 4.63. The van der Waals surface area contributed by atoms with Gasteiger partial charge < -0.3 is 19.5 Å². The third-order valence-electron chi connectivity index (χ3n) is 5.24. The summed E-state index contributed by atoms with van der Waals surface area (Å²) < 4.78 is 7.65. The minimum Gasteiger partial charge on any atom is -0.380 e. The quantitative estimate of drug-likeness (QED) is 0.857. The van der Waals surface area contributed by atoms with Crippen molar-refractivity contribution in [1.82, 2.24) is 19.9 Å². The normalized spacial score (nSPS) is 22.6. The third-order valence-corrected chi connectivity index (χ3v) is 5.24. The van der Waals surface area contributed by atoms with E-state index in [9.17, 15) is 4.79 Å². The van der Waals surface area contributed by atoms with Crippen LogP contribution in [0.1, 0.15) is 41.5 Å². The molecule has 7 nitrogen and oxygen atoms in total. The van der Waals surface area contributed by atoms with Crippen LogP contribution in [0.4, 0.5) is 5.82 Å². The van der Waals surface area contributed by atoms with Crippen molar-refractivity contribution < 1.29 is 9.53 Å². The van der Waals surface area contributed by atoms with Gasteiger partial charge in [-0.2, -0.15) is 0 Å². The lowest BCUT2D eigenvalue weighted by atomic mass is 10.2. The first-order chi connectivity index (χ1) is 12.7. The highest BCUT2D eigenvalue weighted by atomic mass is 16.5. The Morgan fingerprint density at radius 2 is 2.23 bits per heavy atom. The average molecular weight is 355 g/mol. The Morgan fingerprint density at radius 1 is 1.38 bits per heavy atom. The molecule has 1 saturated carbocycles. The van der Waals surface area contributed by atoms with Gasteiger partial charge in [0.15, 0.2) is 0 Å². The summed E-state index contributed by atoms with van der Waals surface area (Å²) in [6.45, 7) is 3.29. The van der Waals surface area contributed by atoms with Crippen LogP contribution >= 0.6 is 0 Å². The zero-order chi connectivity index (χ0) is 18.1. The Hall–Kier alpha value is -2.41. The molecule has 0 unspecified atom stereocenters. The molecular formula is C19H25N5O2. The summed E-state index contributed by atoms with van der Waals surface area (Å²) in [7, 11) is 1.73. The molecular weight excluding hydrogens is 330 g/mol. The van der Waals surface area contributed by atoms with Crippen molar-refractivity contribution in [3.8, 4) is 0 Å². The minimum atomic E-state index is -0.0124. The van der Waals surface area contributed by atoms with Crippen LogP contribution in [0.15, 0.2) is 30.7 Å². The molecule has 1 saturated heterocycles. The van der Waals surface area contributed by atoms with Crippen molar-refractivity contribution in [3.05, 3.63) is 42.1 Å². The molecule has 7 heteroatoms. The molecule has 3 heterocycles. The van der Waals surface area contributed by atoms with E-state index in [2.05, 4.69) is 24.8 Å². The predicted molar refractivity (Wildman–Crippen MR) is 98.4 cm³/mol. The Bertz CT molecular complexity index is 786. The van der Waals surface area contributed by atoms with Crippen LogP contribution in [-0.4, -0.2) is 52.8 Å². The SMILES string of the molecule is CO[C@H]1C[C@@H](CNC(=O)c2cccn2C2CC2)N(c2cc(C)ncn2)C1. The van der Waals surface area contributed by atoms with Gasteiger partial charge in [-0.25, -0.2) is 9.97 Å². The first-order valence-corrected chi connectivity index (χ1v) is 9.19. The van der Waals surface area contributed by atoms with Crippen LogP contribution in [0.3, 0.4) is 0 Å². The smallest absolute Gasteiger partial charge is 0.267 e. The van der Waals surface area contributed by atoms with Gasteiger partial charge in [-0.05, 0) is 38.3 Å². The van der Waals surface area contributed by atoms with Gasteiger partial charge in [0.1, 0.15) is 17.8 Å². The lowest BCUT2D eigenvalue weighted by molar-refractivity contribution is 0.0937. The maximum absolute atomic E-state index is 12.7. The molecule has 1 aliphatic carbocycles. The van der Waals surface area contributed by atoms with Crippen molar-refractivity contribution in [1.29, 1.82) is 0 Å². The van der Waals surface area contributed by atoms with Crippen molar-refractivity contribution >= 4 is 11.7 Å². The number of aryl methyl sites for hydroxylation is 1. The topological polar surface area (TPSA) is 72.3 Å². The zero-order valence-corrected chi connectivity index (χ0v) is 15.3. The van der Waals surface area contributed by atoms with Gasteiger partial charge in [0.25, 0.3) is 5.91 Å². The molecule has 4 rings (SSSR count). The highest BCUT2D eigenvalue weighted by Gasteiger charge is 2.34. The molecule has 138 valence electrons. The van der Waals surface area contributed by atoms with Crippen molar-refractivity contribution in [2.75, 3.05) is 25.1 Å². The van der Waals surface area contributed by atoms with Crippen LogP contribution in [-0.2, 0) is 4.74 Å². The first kappa shape index (κ1) is 17.0. The number of hydrogen-bond donors (Lipinski definition) is 1. The summed E-state index contributed by atoms with van der Waals surface area (Å²) in [6, 6.07) is 6.47. The van der Waals surface area contributed by atoms with Crippen molar-refractivity contribution in [3.63, 3.8) is 0 Å². The predicted octanol–water partition coefficient (Wildman–Crippen LogP) is 1.95. The lowest BCUT2D eigenvalue weighted by Gasteiger charge is -2.25. The minimum absolute atomic E-state index is 0.0124. The van der Waals surface area contributed by atoms with Crippen molar-refractivity contribution in [2.45, 2.75) is 44.4 Å². The number of nitrogens with one attached hydrogen (secondary N) is 1. The van der Waals surface area contributed by atoms with E-state index in [1.807, 2.05) is 31.3 Å². The molecule has 0 bridgehead atoms. The first-order valence-electron chi connectivity index (χ1n) is 9.19. The summed E-state index contributed by atoms with van der Waals surface area (Å²) in [4.78, 5) is 23.4. The van der Waals surface area contributed by atoms with Crippen molar-refractivity contribution in [2.24, 2.45) is 0 Å². The van der Waals surface area contributed by atoms with E-state index in [0.29, 0.717) is 12.6 Å². The molecule has 1 amide bonds. The zero-order valence-electron chi connectivity index (χ0n) is 15.3. The van der Waals surface area contributed by atoms with E-state index in [0.717, 1.165) is 43.0 Å². The molecule has 1 N–H and O–H groups in total. The van der Waals surface area contributed by atoms with Crippen LogP contribution < -0.4 is 10.2 Å². The lowest BCUT2D eigenvalue weighted by Crippen LogP contribution is -2.41. The number of carbonyl (C=O) groups is 1. The van der Waals surface area contributed by atoms with Gasteiger partial charge in [0, 0.05) is 44.2 Å². The second kappa shape index (κ2) is 7.07. The highest BCUT2D eigenvalue weighted by molar-refractivity contribution is 5.92. The molecule has 2 atom stereocenters. The number of amides is 1. The number of aromatic nitrogens is 3. The fraction of sp³-hybridized carbons (Fsp3) is 0.526. The van der Waals surface area contributed by atoms with Gasteiger partial charge in [-0.15, -0.1) is 0 Å². The summed E-state index contributed by atoms with van der Waals surface area (Å²) in [6.07, 6.45) is 6.91. The number of rotatable bonds is 6. The van der Waals surface area contributed by atoms with Crippen LogP contribution in [0, 0.1) is 6.92 Å². The highest BCUT2D eigenvalue weighted by Crippen LogP contribution is 2.36. The van der Waals surface area contributed by atoms with Crippen LogP contribution in [0.25, 0.3) is 0 Å². The molecule has 2 fully saturated rings. The molecule has 0 radical (unpaired) electrons. The number of carbonyl (C=O) groups excluding carboxylic acids is 1. The standard InChI is InChI=1S/C19H25N5O2/c1-13-8-18(22-12-21-13)24-11-16(26-2)9-15(24)10-20-19(25)17-4-3-7-23(17)14-5-6-14/h3-4,7-8,12,14-16H,5-6,9-11H2,1-2H3,(H,20,25)/t15-,16-/m0/s1. The van der Waals surface area contributed by atoms with E-state index >= 15 is 0 Å². The number of hydrogen-bond acceptors (Lipinski definition) is 5. The Balaban J connectivity index is 1.45. The van der Waals surface area contributed by atoms with E-state index in [1.54, 1.807) is 13.4 Å². The summed E-state index contributed by atoms with van der Waals surface area (Å²) in [5, 5.41) is 3.11. The molecule has 2 aliphatic rings. The fourth-order valence-corrected chi connectivity index (χ4v) is 3.67. The monoisotopic (exact) mass is 355 g/mol. The molecule has 2 aromatic rings. The number of nitrogens with zero attached hydrogens (tertiary/aromatic N) is 4. The van der Waals surface area contributed by atoms with Gasteiger partial charge in [0.2, 0.25) is 0 Å². The van der Waals surface area contributed by atoms with Gasteiger partial charge in [-0.3, -0.25) is 4.79 Å². The maximum Gasteiger partial charge on any atom is 0.267 e. The third kappa shape index (κ3) is 3.44. The molecule has 1 aliphatic heterocycles. The van der Waals surface area contributed by atoms with E-state index in [1.165, 1.54) is 0 Å². The second-order valence-corrected chi connectivity index (χ2v) is 7.16. The van der Waals surface area contributed by atoms with E-state index in [4.69, 9.17) is 4.74 Å². The fourth-order valence-electron chi connectivity index (χ4n) is 3.67. The summed E-state index contributed by atoms with van der Waals surface area (Å²) in [5.74, 6) is 0.874. The van der Waals surface area contributed by atoms with Crippen LogP contribution in [0.2, 0.25) is 0 Å². The number of methoxy groups -OCH3 is 1. The average Bonchev–Trinajstić information content (AvgIpc) is 3.21. The summed E-state index contributed by atoms with van der Waals surface area (Å²) in [5.41, 5.74) is 1.68. The molecule has 0 aromatic carbocycles. The number of ether oxygens (including phenoxy) is 1. The second-order valence-electron chi connectivity index (χ2n) is 7.16. The summed E-state index contributed by atoms with van der Waals surface area (Å²) >= 11 is 0. The van der Waals surface area contributed by atoms with Crippen LogP contribution in [0.5, 0.6) is 0 Å².